The van der Waals surface area contributed by atoms with Crippen molar-refractivity contribution in [2.24, 2.45) is 0 Å². The molecular weight excluding hydrogens is 254 g/mol. The molecule has 3 aliphatic carbocycles. The van der Waals surface area contributed by atoms with Crippen LogP contribution in [-0.4, -0.2) is 4.98 Å². The predicted molar refractivity (Wildman–Crippen MR) is 87.3 cm³/mol. The zero-order chi connectivity index (χ0) is 14.1. The number of allylic oxidation sites excluding steroid dienone is 12. The van der Waals surface area contributed by atoms with Gasteiger partial charge >= 0.3 is 0 Å². The van der Waals surface area contributed by atoms with E-state index in [1.807, 2.05) is 6.20 Å². The van der Waals surface area contributed by atoms with Gasteiger partial charge in [-0.05, 0) is 17.2 Å². The highest BCUT2D eigenvalue weighted by molar-refractivity contribution is 5.51. The first-order chi connectivity index (χ1) is 10.4. The molecule has 3 aliphatic rings. The zero-order valence-corrected chi connectivity index (χ0v) is 11.8. The van der Waals surface area contributed by atoms with E-state index in [2.05, 4.69) is 79.0 Å². The van der Waals surface area contributed by atoms with Crippen LogP contribution in [0.2, 0.25) is 0 Å². The van der Waals surface area contributed by atoms with Gasteiger partial charge in [0.25, 0.3) is 0 Å². The number of hydrogen-bond acceptors (Lipinski definition) is 1. The van der Waals surface area contributed by atoms with Crippen LogP contribution < -0.4 is 0 Å². The maximum Gasteiger partial charge on any atom is 0.0554 e. The summed E-state index contributed by atoms with van der Waals surface area (Å²) in [5.74, 6) is 1.02. The molecule has 102 valence electrons. The molecule has 1 aromatic rings. The minimum Gasteiger partial charge on any atom is -0.260 e. The lowest BCUT2D eigenvalue weighted by Gasteiger charge is -2.21. The Labute approximate surface area is 125 Å². The molecule has 1 aromatic heterocycles. The predicted octanol–water partition coefficient (Wildman–Crippen LogP) is 4.71. The molecule has 0 saturated carbocycles. The quantitative estimate of drug-likeness (QED) is 0.775. The van der Waals surface area contributed by atoms with E-state index >= 15 is 0 Å². The summed E-state index contributed by atoms with van der Waals surface area (Å²) in [5, 5.41) is 0. The Morgan fingerprint density at radius 3 is 1.76 bits per heavy atom. The van der Waals surface area contributed by atoms with Crippen molar-refractivity contribution in [3.63, 3.8) is 0 Å². The minimum atomic E-state index is 0.303. The first-order valence-corrected chi connectivity index (χ1v) is 7.47. The van der Waals surface area contributed by atoms with Crippen molar-refractivity contribution >= 4 is 0 Å². The van der Waals surface area contributed by atoms with Gasteiger partial charge in [-0.25, -0.2) is 0 Å². The van der Waals surface area contributed by atoms with Crippen LogP contribution in [0.5, 0.6) is 0 Å². The molecule has 0 spiro atoms. The fourth-order valence-corrected chi connectivity index (χ4v) is 3.30. The Morgan fingerprint density at radius 2 is 1.14 bits per heavy atom. The molecule has 1 nitrogen and oxygen atoms in total. The van der Waals surface area contributed by atoms with Gasteiger partial charge < -0.3 is 0 Å². The number of hydrogen-bond donors (Lipinski definition) is 0. The molecule has 0 unspecified atom stereocenters. The van der Waals surface area contributed by atoms with Gasteiger partial charge in [0.05, 0.1) is 5.69 Å². The maximum atomic E-state index is 4.72. The van der Waals surface area contributed by atoms with Gasteiger partial charge in [0.2, 0.25) is 0 Å². The van der Waals surface area contributed by atoms with Gasteiger partial charge in [-0.1, -0.05) is 72.9 Å². The highest BCUT2D eigenvalue weighted by atomic mass is 14.7. The normalized spacial score (nSPS) is 20.6. The molecule has 0 atom stereocenters. The highest BCUT2D eigenvalue weighted by Crippen LogP contribution is 2.38. The smallest absolute Gasteiger partial charge is 0.0554 e. The third-order valence-corrected chi connectivity index (χ3v) is 4.31. The molecule has 1 heterocycles. The van der Waals surface area contributed by atoms with E-state index in [1.54, 1.807) is 0 Å². The van der Waals surface area contributed by atoms with Crippen LogP contribution in [0.3, 0.4) is 0 Å². The van der Waals surface area contributed by atoms with E-state index in [4.69, 9.17) is 4.98 Å². The van der Waals surface area contributed by atoms with Gasteiger partial charge in [-0.2, -0.15) is 0 Å². The Bertz CT molecular complexity index is 646. The monoisotopic (exact) mass is 271 g/mol. The lowest BCUT2D eigenvalue weighted by atomic mass is 9.84. The SMILES string of the molecule is C1=CC(c2ccnc(C3C=CC=C3)c2C2C=CC=C2)C=C1. The third kappa shape index (κ3) is 2.15. The summed E-state index contributed by atoms with van der Waals surface area (Å²) in [5.41, 5.74) is 3.93. The second-order valence-electron chi connectivity index (χ2n) is 5.59. The van der Waals surface area contributed by atoms with E-state index in [1.165, 1.54) is 16.8 Å². The third-order valence-electron chi connectivity index (χ3n) is 4.31. The Morgan fingerprint density at radius 1 is 0.619 bits per heavy atom. The lowest BCUT2D eigenvalue weighted by molar-refractivity contribution is 0.891. The van der Waals surface area contributed by atoms with E-state index in [0.29, 0.717) is 17.8 Å². The molecule has 4 rings (SSSR count). The van der Waals surface area contributed by atoms with Crippen LogP contribution in [0.15, 0.2) is 85.2 Å². The maximum absolute atomic E-state index is 4.72. The van der Waals surface area contributed by atoms with Gasteiger partial charge in [0, 0.05) is 24.0 Å². The van der Waals surface area contributed by atoms with E-state index < -0.39 is 0 Å². The Balaban J connectivity index is 1.88. The molecule has 1 heteroatoms. The van der Waals surface area contributed by atoms with Gasteiger partial charge in [-0.3, -0.25) is 4.98 Å². The van der Waals surface area contributed by atoms with E-state index in [0.717, 1.165) is 0 Å². The molecule has 0 saturated heterocycles. The van der Waals surface area contributed by atoms with Crippen LogP contribution in [0, 0.1) is 0 Å². The number of nitrogens with zero attached hydrogens (tertiary/aromatic N) is 1. The van der Waals surface area contributed by atoms with Crippen molar-refractivity contribution in [3.8, 4) is 0 Å². The first-order valence-electron chi connectivity index (χ1n) is 7.47. The summed E-state index contributed by atoms with van der Waals surface area (Å²) in [6, 6.07) is 2.17. The Kier molecular flexibility index (Phi) is 3.04. The Hall–Kier alpha value is -2.41. The molecule has 0 amide bonds. The van der Waals surface area contributed by atoms with Gasteiger partial charge in [0.15, 0.2) is 0 Å². The summed E-state index contributed by atoms with van der Waals surface area (Å²) in [4.78, 5) is 4.72. The molecule has 0 aromatic carbocycles. The second kappa shape index (κ2) is 5.17. The number of aromatic nitrogens is 1. The highest BCUT2D eigenvalue weighted by Gasteiger charge is 2.24. The van der Waals surface area contributed by atoms with Crippen molar-refractivity contribution in [2.45, 2.75) is 17.8 Å². The topological polar surface area (TPSA) is 12.9 Å². The molecule has 0 aliphatic heterocycles. The van der Waals surface area contributed by atoms with Crippen LogP contribution in [0.25, 0.3) is 0 Å². The average molecular weight is 271 g/mol. The second-order valence-corrected chi connectivity index (χ2v) is 5.59. The van der Waals surface area contributed by atoms with Crippen molar-refractivity contribution in [1.82, 2.24) is 4.98 Å². The zero-order valence-electron chi connectivity index (χ0n) is 11.8. The van der Waals surface area contributed by atoms with Crippen molar-refractivity contribution in [2.75, 3.05) is 0 Å². The number of rotatable bonds is 3. The number of pyridine rings is 1. The van der Waals surface area contributed by atoms with Gasteiger partial charge in [0.1, 0.15) is 0 Å². The minimum absolute atomic E-state index is 0.303. The standard InChI is InChI=1S/C20H17N/c1-2-8-15(7-1)18-13-14-21-20(17-11-5-6-12-17)19(18)16-9-3-4-10-16/h1-17H. The molecule has 21 heavy (non-hydrogen) atoms. The lowest BCUT2D eigenvalue weighted by Crippen LogP contribution is -2.09. The van der Waals surface area contributed by atoms with Crippen LogP contribution >= 0.6 is 0 Å². The van der Waals surface area contributed by atoms with Crippen LogP contribution in [0.1, 0.15) is 34.6 Å². The molecule has 0 fully saturated rings. The van der Waals surface area contributed by atoms with Crippen molar-refractivity contribution in [1.29, 1.82) is 0 Å². The van der Waals surface area contributed by atoms with Gasteiger partial charge in [-0.15, -0.1) is 0 Å². The largest absolute Gasteiger partial charge is 0.260 e. The summed E-state index contributed by atoms with van der Waals surface area (Å²) in [7, 11) is 0. The summed E-state index contributed by atoms with van der Waals surface area (Å²) >= 11 is 0. The molecular formula is C20H17N. The fraction of sp³-hybridized carbons (Fsp3) is 0.150. The van der Waals surface area contributed by atoms with Crippen molar-refractivity contribution < 1.29 is 0 Å². The first kappa shape index (κ1) is 12.3. The van der Waals surface area contributed by atoms with Crippen LogP contribution in [0.4, 0.5) is 0 Å². The van der Waals surface area contributed by atoms with Crippen LogP contribution in [-0.2, 0) is 0 Å². The van der Waals surface area contributed by atoms with E-state index in [-0.39, 0.29) is 0 Å². The molecule has 0 bridgehead atoms. The molecule has 0 radical (unpaired) electrons. The summed E-state index contributed by atoms with van der Waals surface area (Å²) in [6.07, 6.45) is 28.2. The fourth-order valence-electron chi connectivity index (χ4n) is 3.30. The van der Waals surface area contributed by atoms with Crippen molar-refractivity contribution in [3.05, 3.63) is 102 Å². The summed E-state index contributed by atoms with van der Waals surface area (Å²) < 4.78 is 0. The molecule has 0 N–H and O–H groups in total. The average Bonchev–Trinajstić information content (AvgIpc) is 3.28. The summed E-state index contributed by atoms with van der Waals surface area (Å²) in [6.45, 7) is 0. The van der Waals surface area contributed by atoms with E-state index in [9.17, 15) is 0 Å².